The van der Waals surface area contributed by atoms with Crippen molar-refractivity contribution in [2.75, 3.05) is 6.61 Å². The number of fused-ring (bicyclic) bond motifs is 1. The summed E-state index contributed by atoms with van der Waals surface area (Å²) in [6.07, 6.45) is -0.0364. The SMILES string of the molecule is Cn1c(=O)n([C@@H](Cc2ccccc2)C(=O)N[C@@H](CO)C(=O)[O-])c(=O)c2ccccc21. The molecule has 0 bridgehead atoms. The Morgan fingerprint density at radius 3 is 2.33 bits per heavy atom. The largest absolute Gasteiger partial charge is 0.548 e. The first kappa shape index (κ1) is 21.0. The average Bonchev–Trinajstić information content (AvgIpc) is 2.75. The van der Waals surface area contributed by atoms with Crippen molar-refractivity contribution in [2.24, 2.45) is 7.05 Å². The van der Waals surface area contributed by atoms with Gasteiger partial charge in [0.2, 0.25) is 5.91 Å². The maximum atomic E-state index is 13.1. The lowest BCUT2D eigenvalue weighted by atomic mass is 10.0. The van der Waals surface area contributed by atoms with Crippen molar-refractivity contribution in [1.82, 2.24) is 14.5 Å². The highest BCUT2D eigenvalue weighted by molar-refractivity contribution is 5.86. The molecule has 156 valence electrons. The van der Waals surface area contributed by atoms with Crippen LogP contribution in [0.15, 0.2) is 64.2 Å². The van der Waals surface area contributed by atoms with Gasteiger partial charge >= 0.3 is 5.69 Å². The number of aliphatic hydroxyl groups excluding tert-OH is 1. The van der Waals surface area contributed by atoms with E-state index in [4.69, 9.17) is 0 Å². The Kier molecular flexibility index (Phi) is 6.12. The van der Waals surface area contributed by atoms with Gasteiger partial charge in [0, 0.05) is 13.5 Å². The molecule has 30 heavy (non-hydrogen) atoms. The van der Waals surface area contributed by atoms with Gasteiger partial charge < -0.3 is 20.3 Å². The second-order valence-corrected chi connectivity index (χ2v) is 6.80. The lowest BCUT2D eigenvalue weighted by Crippen LogP contribution is -2.54. The Morgan fingerprint density at radius 2 is 1.70 bits per heavy atom. The fourth-order valence-electron chi connectivity index (χ4n) is 3.29. The van der Waals surface area contributed by atoms with E-state index in [1.54, 1.807) is 54.6 Å². The van der Waals surface area contributed by atoms with Crippen LogP contribution in [0.5, 0.6) is 0 Å². The second-order valence-electron chi connectivity index (χ2n) is 6.80. The number of carboxylic acids is 1. The average molecular weight is 410 g/mol. The highest BCUT2D eigenvalue weighted by atomic mass is 16.4. The summed E-state index contributed by atoms with van der Waals surface area (Å²) in [5.41, 5.74) is -0.318. The van der Waals surface area contributed by atoms with Crippen LogP contribution in [0.4, 0.5) is 0 Å². The Morgan fingerprint density at radius 1 is 1.07 bits per heavy atom. The number of carbonyl (C=O) groups excluding carboxylic acids is 2. The van der Waals surface area contributed by atoms with Gasteiger partial charge in [-0.05, 0) is 17.7 Å². The van der Waals surface area contributed by atoms with Crippen LogP contribution in [0.25, 0.3) is 10.9 Å². The highest BCUT2D eigenvalue weighted by Gasteiger charge is 2.28. The zero-order valence-corrected chi connectivity index (χ0v) is 16.1. The summed E-state index contributed by atoms with van der Waals surface area (Å²) in [6, 6.07) is 12.2. The fraction of sp³-hybridized carbons (Fsp3) is 0.238. The quantitative estimate of drug-likeness (QED) is 0.498. The number of aryl methyl sites for hydroxylation is 1. The van der Waals surface area contributed by atoms with Crippen molar-refractivity contribution in [3.63, 3.8) is 0 Å². The standard InChI is InChI=1S/C21H21N3O6/c1-23-16-10-6-5-9-14(16)19(27)24(21(23)30)17(11-13-7-3-2-4-8-13)18(26)22-15(12-25)20(28)29/h2-10,15,17,25H,11-12H2,1H3,(H,22,26)(H,28,29)/p-1/t15-,17-/m0/s1. The summed E-state index contributed by atoms with van der Waals surface area (Å²) < 4.78 is 2.07. The number of amides is 1. The van der Waals surface area contributed by atoms with Gasteiger partial charge in [0.25, 0.3) is 5.56 Å². The number of carboxylic acid groups (broad SMARTS) is 1. The second kappa shape index (κ2) is 8.75. The number of rotatable bonds is 7. The van der Waals surface area contributed by atoms with E-state index in [0.717, 1.165) is 4.57 Å². The first-order valence-electron chi connectivity index (χ1n) is 9.21. The molecular formula is C21H20N3O6-. The molecule has 9 nitrogen and oxygen atoms in total. The number of hydrogen-bond acceptors (Lipinski definition) is 6. The molecule has 1 aromatic heterocycles. The van der Waals surface area contributed by atoms with Crippen LogP contribution in [-0.2, 0) is 23.1 Å². The summed E-state index contributed by atoms with van der Waals surface area (Å²) in [6.45, 7) is -0.892. The van der Waals surface area contributed by atoms with Gasteiger partial charge in [-0.2, -0.15) is 0 Å². The maximum absolute atomic E-state index is 13.1. The molecule has 2 aromatic carbocycles. The molecule has 0 aliphatic heterocycles. The van der Waals surface area contributed by atoms with Crippen LogP contribution in [0, 0.1) is 0 Å². The summed E-state index contributed by atoms with van der Waals surface area (Å²) in [7, 11) is 1.48. The molecule has 0 aliphatic rings. The van der Waals surface area contributed by atoms with E-state index in [1.807, 2.05) is 0 Å². The normalized spacial score (nSPS) is 13.0. The Bertz CT molecular complexity index is 1200. The third kappa shape index (κ3) is 4.01. The highest BCUT2D eigenvalue weighted by Crippen LogP contribution is 2.14. The number of aliphatic carboxylic acids is 1. The molecule has 0 fully saturated rings. The maximum Gasteiger partial charge on any atom is 0.331 e. The molecule has 3 rings (SSSR count). The molecule has 0 saturated heterocycles. The molecule has 2 N–H and O–H groups in total. The smallest absolute Gasteiger partial charge is 0.331 e. The van der Waals surface area contributed by atoms with E-state index in [1.165, 1.54) is 11.6 Å². The number of carbonyl (C=O) groups is 2. The van der Waals surface area contributed by atoms with Gasteiger partial charge in [0.1, 0.15) is 6.04 Å². The van der Waals surface area contributed by atoms with E-state index in [0.29, 0.717) is 11.1 Å². The predicted octanol–water partition coefficient (Wildman–Crippen LogP) is -1.29. The van der Waals surface area contributed by atoms with Crippen LogP contribution in [0.3, 0.4) is 0 Å². The Hall–Kier alpha value is -3.72. The molecule has 0 saturated carbocycles. The van der Waals surface area contributed by atoms with Crippen LogP contribution in [0.2, 0.25) is 0 Å². The minimum Gasteiger partial charge on any atom is -0.548 e. The van der Waals surface area contributed by atoms with Crippen molar-refractivity contribution >= 4 is 22.8 Å². The van der Waals surface area contributed by atoms with Crippen molar-refractivity contribution in [2.45, 2.75) is 18.5 Å². The van der Waals surface area contributed by atoms with Crippen molar-refractivity contribution in [3.8, 4) is 0 Å². The third-order valence-electron chi connectivity index (χ3n) is 4.88. The molecule has 0 radical (unpaired) electrons. The molecule has 0 unspecified atom stereocenters. The van der Waals surface area contributed by atoms with Gasteiger partial charge in [-0.3, -0.25) is 14.2 Å². The monoisotopic (exact) mass is 410 g/mol. The van der Waals surface area contributed by atoms with Crippen molar-refractivity contribution < 1.29 is 19.8 Å². The number of aliphatic hydroxyl groups is 1. The van der Waals surface area contributed by atoms with Crippen molar-refractivity contribution in [1.29, 1.82) is 0 Å². The van der Waals surface area contributed by atoms with Gasteiger partial charge in [-0.15, -0.1) is 0 Å². The number of para-hydroxylation sites is 1. The summed E-state index contributed by atoms with van der Waals surface area (Å²) in [5, 5.41) is 22.7. The minimum absolute atomic E-state index is 0.0364. The zero-order chi connectivity index (χ0) is 21.8. The first-order valence-corrected chi connectivity index (χ1v) is 9.21. The number of hydrogen-bond donors (Lipinski definition) is 2. The predicted molar refractivity (Wildman–Crippen MR) is 107 cm³/mol. The third-order valence-corrected chi connectivity index (χ3v) is 4.88. The van der Waals surface area contributed by atoms with Crippen LogP contribution < -0.4 is 21.7 Å². The topological polar surface area (TPSA) is 133 Å². The van der Waals surface area contributed by atoms with Crippen LogP contribution in [0.1, 0.15) is 11.6 Å². The van der Waals surface area contributed by atoms with Gasteiger partial charge in [0.05, 0.1) is 29.5 Å². The van der Waals surface area contributed by atoms with Crippen molar-refractivity contribution in [3.05, 3.63) is 81.0 Å². The van der Waals surface area contributed by atoms with E-state index in [2.05, 4.69) is 5.32 Å². The lowest BCUT2D eigenvalue weighted by Gasteiger charge is -2.24. The number of nitrogens with one attached hydrogen (secondary N) is 1. The van der Waals surface area contributed by atoms with Crippen LogP contribution >= 0.6 is 0 Å². The molecule has 9 heteroatoms. The van der Waals surface area contributed by atoms with E-state index in [9.17, 15) is 29.4 Å². The molecule has 0 spiro atoms. The van der Waals surface area contributed by atoms with Crippen LogP contribution in [-0.4, -0.2) is 38.8 Å². The number of nitrogens with zero attached hydrogens (tertiary/aromatic N) is 2. The van der Waals surface area contributed by atoms with Gasteiger partial charge in [-0.25, -0.2) is 9.36 Å². The number of aromatic nitrogens is 2. The summed E-state index contributed by atoms with van der Waals surface area (Å²) in [5.74, 6) is -2.57. The summed E-state index contributed by atoms with van der Waals surface area (Å²) >= 11 is 0. The molecule has 1 heterocycles. The molecular weight excluding hydrogens is 390 g/mol. The Balaban J connectivity index is 2.17. The van der Waals surface area contributed by atoms with Gasteiger partial charge in [-0.1, -0.05) is 42.5 Å². The number of benzene rings is 2. The van der Waals surface area contributed by atoms with E-state index in [-0.39, 0.29) is 11.8 Å². The summed E-state index contributed by atoms with van der Waals surface area (Å²) in [4.78, 5) is 50.2. The van der Waals surface area contributed by atoms with Gasteiger partial charge in [0.15, 0.2) is 0 Å². The molecule has 0 aliphatic carbocycles. The Labute approximate surface area is 170 Å². The van der Waals surface area contributed by atoms with E-state index < -0.39 is 41.8 Å². The molecule has 3 aromatic rings. The molecule has 1 amide bonds. The zero-order valence-electron chi connectivity index (χ0n) is 16.1. The fourth-order valence-corrected chi connectivity index (χ4v) is 3.29. The molecule has 2 atom stereocenters. The first-order chi connectivity index (χ1) is 14.3. The lowest BCUT2D eigenvalue weighted by molar-refractivity contribution is -0.309. The van der Waals surface area contributed by atoms with E-state index >= 15 is 0 Å². The minimum atomic E-state index is -1.68.